The topological polar surface area (TPSA) is 118 Å². The largest absolute Gasteiger partial charge is 0.478 e. The molecule has 0 amide bonds. The molecule has 1 aromatic rings. The number of halogens is 1. The second-order valence-corrected chi connectivity index (χ2v) is 9.50. The van der Waals surface area contributed by atoms with Gasteiger partial charge in [-0.15, -0.1) is 11.6 Å². The lowest BCUT2D eigenvalue weighted by Crippen LogP contribution is -2.40. The minimum absolute atomic E-state index is 0.174. The zero-order valence-corrected chi connectivity index (χ0v) is 13.9. The normalized spacial score (nSPS) is 24.3. The lowest BCUT2D eigenvalue weighted by atomic mass is 10.1. The summed E-state index contributed by atoms with van der Waals surface area (Å²) >= 11 is 5.88. The maximum Gasteiger partial charge on any atom is 0.335 e. The fraction of sp³-hybridized carbons (Fsp3) is 0.417. The van der Waals surface area contributed by atoms with Gasteiger partial charge in [-0.3, -0.25) is 0 Å². The number of carboxylic acids is 1. The molecule has 2 N–H and O–H groups in total. The highest BCUT2D eigenvalue weighted by Crippen LogP contribution is 2.22. The summed E-state index contributed by atoms with van der Waals surface area (Å²) in [5.74, 6) is -1.93. The SMILES string of the molecule is Cc1ccc(C(=O)O)cc1S(=O)(=O)N[C@@H]1CS(=O)(=O)C[C@H]1Cl. The van der Waals surface area contributed by atoms with Crippen LogP contribution in [-0.4, -0.2) is 50.8 Å². The molecule has 1 heterocycles. The predicted octanol–water partition coefficient (Wildman–Crippen LogP) is 0.376. The van der Waals surface area contributed by atoms with E-state index in [0.29, 0.717) is 5.56 Å². The fourth-order valence-electron chi connectivity index (χ4n) is 2.20. The van der Waals surface area contributed by atoms with Gasteiger partial charge in [0.15, 0.2) is 9.84 Å². The van der Waals surface area contributed by atoms with E-state index in [9.17, 15) is 21.6 Å². The molecule has 2 atom stereocenters. The number of benzene rings is 1. The van der Waals surface area contributed by atoms with Crippen LogP contribution in [0, 0.1) is 6.92 Å². The Labute approximate surface area is 133 Å². The van der Waals surface area contributed by atoms with Crippen molar-refractivity contribution in [3.63, 3.8) is 0 Å². The van der Waals surface area contributed by atoms with E-state index in [-0.39, 0.29) is 22.0 Å². The fourth-order valence-corrected chi connectivity index (χ4v) is 6.48. The Hall–Kier alpha value is -1.16. The Balaban J connectivity index is 2.35. The quantitative estimate of drug-likeness (QED) is 0.742. The third-order valence-electron chi connectivity index (χ3n) is 3.31. The number of hydrogen-bond acceptors (Lipinski definition) is 5. The van der Waals surface area contributed by atoms with Crippen molar-refractivity contribution in [3.8, 4) is 0 Å². The molecular weight excluding hydrogens is 354 g/mol. The number of aryl methyl sites for hydroxylation is 1. The monoisotopic (exact) mass is 367 g/mol. The minimum Gasteiger partial charge on any atom is -0.478 e. The first-order chi connectivity index (χ1) is 10.0. The molecule has 0 saturated carbocycles. The molecule has 1 aromatic carbocycles. The highest BCUT2D eigenvalue weighted by atomic mass is 35.5. The van der Waals surface area contributed by atoms with Gasteiger partial charge in [0.25, 0.3) is 0 Å². The molecule has 0 aromatic heterocycles. The molecule has 1 fully saturated rings. The molecule has 2 rings (SSSR count). The highest BCUT2D eigenvalue weighted by molar-refractivity contribution is 7.92. The first kappa shape index (κ1) is 17.2. The third-order valence-corrected chi connectivity index (χ3v) is 7.32. The van der Waals surface area contributed by atoms with Crippen LogP contribution in [0.5, 0.6) is 0 Å². The summed E-state index contributed by atoms with van der Waals surface area (Å²) in [6.45, 7) is 1.52. The summed E-state index contributed by atoms with van der Waals surface area (Å²) < 4.78 is 50.0. The molecule has 0 spiro atoms. The van der Waals surface area contributed by atoms with Gasteiger partial charge in [-0.2, -0.15) is 0 Å². The molecule has 10 heteroatoms. The van der Waals surface area contributed by atoms with E-state index >= 15 is 0 Å². The van der Waals surface area contributed by atoms with Crippen LogP contribution >= 0.6 is 11.6 Å². The van der Waals surface area contributed by atoms with Crippen LogP contribution < -0.4 is 4.72 Å². The van der Waals surface area contributed by atoms with Crippen molar-refractivity contribution in [3.05, 3.63) is 29.3 Å². The zero-order chi connectivity index (χ0) is 16.7. The number of sulfone groups is 1. The van der Waals surface area contributed by atoms with E-state index in [2.05, 4.69) is 4.72 Å². The summed E-state index contributed by atoms with van der Waals surface area (Å²) in [4.78, 5) is 10.7. The van der Waals surface area contributed by atoms with Crippen LogP contribution in [0.25, 0.3) is 0 Å². The number of alkyl halides is 1. The van der Waals surface area contributed by atoms with Gasteiger partial charge in [0, 0.05) is 0 Å². The summed E-state index contributed by atoms with van der Waals surface area (Å²) in [5.41, 5.74) is 0.178. The second-order valence-electron chi connectivity index (χ2n) is 5.11. The van der Waals surface area contributed by atoms with Crippen LogP contribution in [0.3, 0.4) is 0 Å². The molecule has 0 unspecified atom stereocenters. The molecular formula is C12H14ClNO6S2. The van der Waals surface area contributed by atoms with Crippen molar-refractivity contribution in [1.29, 1.82) is 0 Å². The van der Waals surface area contributed by atoms with Gasteiger partial charge in [-0.05, 0) is 24.6 Å². The summed E-state index contributed by atoms with van der Waals surface area (Å²) in [5, 5.41) is 8.09. The van der Waals surface area contributed by atoms with Crippen molar-refractivity contribution < 1.29 is 26.7 Å². The second kappa shape index (κ2) is 5.80. The van der Waals surface area contributed by atoms with Crippen LogP contribution in [0.1, 0.15) is 15.9 Å². The summed E-state index contributed by atoms with van der Waals surface area (Å²) in [6.07, 6.45) is 0. The molecule has 0 radical (unpaired) electrons. The first-order valence-electron chi connectivity index (χ1n) is 6.22. The third kappa shape index (κ3) is 3.60. The standard InChI is InChI=1S/C12H14ClNO6S2/c1-7-2-3-8(12(15)16)4-11(7)22(19,20)14-10-6-21(17,18)5-9(10)13/h2-4,9-10,14H,5-6H2,1H3,(H,15,16)/t9-,10-/m1/s1. The Morgan fingerprint density at radius 3 is 2.50 bits per heavy atom. The number of nitrogens with one attached hydrogen (secondary N) is 1. The lowest BCUT2D eigenvalue weighted by molar-refractivity contribution is 0.0696. The average Bonchev–Trinajstić information content (AvgIpc) is 2.61. The zero-order valence-electron chi connectivity index (χ0n) is 11.5. The van der Waals surface area contributed by atoms with Crippen LogP contribution in [0.4, 0.5) is 0 Å². The summed E-state index contributed by atoms with van der Waals surface area (Å²) in [7, 11) is -7.46. The van der Waals surface area contributed by atoms with E-state index in [0.717, 1.165) is 6.07 Å². The van der Waals surface area contributed by atoms with E-state index in [4.69, 9.17) is 16.7 Å². The van der Waals surface area contributed by atoms with E-state index in [1.807, 2.05) is 0 Å². The van der Waals surface area contributed by atoms with E-state index < -0.39 is 37.2 Å². The van der Waals surface area contributed by atoms with Gasteiger partial charge in [-0.1, -0.05) is 6.07 Å². The lowest BCUT2D eigenvalue weighted by Gasteiger charge is -2.16. The first-order valence-corrected chi connectivity index (χ1v) is 9.97. The van der Waals surface area contributed by atoms with Crippen LogP contribution in [0.2, 0.25) is 0 Å². The molecule has 22 heavy (non-hydrogen) atoms. The molecule has 7 nitrogen and oxygen atoms in total. The number of hydrogen-bond donors (Lipinski definition) is 2. The maximum absolute atomic E-state index is 12.4. The molecule has 1 aliphatic heterocycles. The molecule has 0 bridgehead atoms. The van der Waals surface area contributed by atoms with Crippen molar-refractivity contribution >= 4 is 37.4 Å². The molecule has 1 saturated heterocycles. The maximum atomic E-state index is 12.4. The van der Waals surface area contributed by atoms with Gasteiger partial charge in [0.05, 0.1) is 33.4 Å². The van der Waals surface area contributed by atoms with Gasteiger partial charge in [-0.25, -0.2) is 26.4 Å². The number of rotatable bonds is 4. The van der Waals surface area contributed by atoms with Gasteiger partial charge < -0.3 is 5.11 Å². The van der Waals surface area contributed by atoms with Crippen molar-refractivity contribution in [2.45, 2.75) is 23.2 Å². The Morgan fingerprint density at radius 2 is 2.00 bits per heavy atom. The van der Waals surface area contributed by atoms with Crippen molar-refractivity contribution in [2.24, 2.45) is 0 Å². The van der Waals surface area contributed by atoms with Crippen molar-refractivity contribution in [2.75, 3.05) is 11.5 Å². The average molecular weight is 368 g/mol. The number of carbonyl (C=O) groups is 1. The van der Waals surface area contributed by atoms with Crippen LogP contribution in [0.15, 0.2) is 23.1 Å². The van der Waals surface area contributed by atoms with Crippen LogP contribution in [-0.2, 0) is 19.9 Å². The molecule has 122 valence electrons. The Kier molecular flexibility index (Phi) is 4.54. The molecule has 0 aliphatic carbocycles. The number of aromatic carboxylic acids is 1. The number of carboxylic acid groups (broad SMARTS) is 1. The highest BCUT2D eigenvalue weighted by Gasteiger charge is 2.39. The smallest absolute Gasteiger partial charge is 0.335 e. The van der Waals surface area contributed by atoms with E-state index in [1.54, 1.807) is 0 Å². The van der Waals surface area contributed by atoms with Gasteiger partial charge >= 0.3 is 5.97 Å². The van der Waals surface area contributed by atoms with Gasteiger partial charge in [0.2, 0.25) is 10.0 Å². The molecule has 1 aliphatic rings. The predicted molar refractivity (Wildman–Crippen MR) is 80.5 cm³/mol. The van der Waals surface area contributed by atoms with Crippen molar-refractivity contribution in [1.82, 2.24) is 4.72 Å². The Morgan fingerprint density at radius 1 is 1.36 bits per heavy atom. The Bertz CT molecular complexity index is 818. The summed E-state index contributed by atoms with van der Waals surface area (Å²) in [6, 6.07) is 2.76. The minimum atomic E-state index is -4.08. The number of sulfonamides is 1. The van der Waals surface area contributed by atoms with E-state index in [1.165, 1.54) is 19.1 Å². The van der Waals surface area contributed by atoms with Gasteiger partial charge in [0.1, 0.15) is 0 Å².